The van der Waals surface area contributed by atoms with Crippen molar-refractivity contribution in [2.24, 2.45) is 22.7 Å². The molecule has 4 atom stereocenters. The molecule has 0 aromatic heterocycles. The minimum Gasteiger partial charge on any atom is -0.396 e. The standard InChI is InChI=1S/C16H30O2/c1-12-6-7-13-14(2,3)8-5-9-15(13,4)16(12,18)10-11-17/h12-13,17-18H,5-11H2,1-4H3/t12-,13?,15-,16+/m0/s1. The molecule has 2 saturated carbocycles. The minimum absolute atomic E-state index is 0.0187. The van der Waals surface area contributed by atoms with Crippen LogP contribution < -0.4 is 0 Å². The van der Waals surface area contributed by atoms with Gasteiger partial charge in [0, 0.05) is 13.0 Å². The van der Waals surface area contributed by atoms with Crippen molar-refractivity contribution in [1.29, 1.82) is 0 Å². The molecule has 0 amide bonds. The Balaban J connectivity index is 2.40. The van der Waals surface area contributed by atoms with E-state index in [2.05, 4.69) is 27.7 Å². The second kappa shape index (κ2) is 4.49. The first-order valence-electron chi connectivity index (χ1n) is 7.61. The van der Waals surface area contributed by atoms with Crippen molar-refractivity contribution >= 4 is 0 Å². The van der Waals surface area contributed by atoms with Crippen LogP contribution in [0.1, 0.15) is 66.2 Å². The van der Waals surface area contributed by atoms with Crippen molar-refractivity contribution in [1.82, 2.24) is 0 Å². The quantitative estimate of drug-likeness (QED) is 0.793. The number of fused-ring (bicyclic) bond motifs is 1. The number of rotatable bonds is 2. The molecule has 0 radical (unpaired) electrons. The van der Waals surface area contributed by atoms with Crippen molar-refractivity contribution < 1.29 is 10.2 Å². The second-order valence-corrected chi connectivity index (χ2v) is 7.69. The molecule has 0 aromatic carbocycles. The zero-order chi connectivity index (χ0) is 13.6. The first-order valence-corrected chi connectivity index (χ1v) is 7.61. The molecule has 0 bridgehead atoms. The van der Waals surface area contributed by atoms with E-state index in [-0.39, 0.29) is 12.0 Å². The zero-order valence-corrected chi connectivity index (χ0v) is 12.5. The fourth-order valence-electron chi connectivity index (χ4n) is 5.27. The molecule has 0 saturated heterocycles. The summed E-state index contributed by atoms with van der Waals surface area (Å²) < 4.78 is 0. The van der Waals surface area contributed by atoms with Crippen molar-refractivity contribution in [3.63, 3.8) is 0 Å². The molecule has 0 aliphatic heterocycles. The van der Waals surface area contributed by atoms with Gasteiger partial charge in [0.15, 0.2) is 0 Å². The van der Waals surface area contributed by atoms with Gasteiger partial charge in [-0.3, -0.25) is 0 Å². The van der Waals surface area contributed by atoms with Crippen molar-refractivity contribution in [3.05, 3.63) is 0 Å². The molecule has 106 valence electrons. The highest BCUT2D eigenvalue weighted by molar-refractivity contribution is 5.10. The maximum absolute atomic E-state index is 11.3. The Hall–Kier alpha value is -0.0800. The molecule has 2 nitrogen and oxygen atoms in total. The summed E-state index contributed by atoms with van der Waals surface area (Å²) in [4.78, 5) is 0. The van der Waals surface area contributed by atoms with Gasteiger partial charge in [-0.25, -0.2) is 0 Å². The lowest BCUT2D eigenvalue weighted by Crippen LogP contribution is -2.62. The molecule has 2 aliphatic rings. The van der Waals surface area contributed by atoms with Crippen molar-refractivity contribution in [3.8, 4) is 0 Å². The van der Waals surface area contributed by atoms with E-state index >= 15 is 0 Å². The van der Waals surface area contributed by atoms with Gasteiger partial charge in [0.2, 0.25) is 0 Å². The topological polar surface area (TPSA) is 40.5 Å². The van der Waals surface area contributed by atoms with E-state index in [4.69, 9.17) is 0 Å². The van der Waals surface area contributed by atoms with Crippen molar-refractivity contribution in [2.75, 3.05) is 6.61 Å². The van der Waals surface area contributed by atoms with Crippen LogP contribution in [0.3, 0.4) is 0 Å². The van der Waals surface area contributed by atoms with E-state index in [1.165, 1.54) is 19.3 Å². The summed E-state index contributed by atoms with van der Waals surface area (Å²) in [5.41, 5.74) is -0.367. The van der Waals surface area contributed by atoms with E-state index in [0.717, 1.165) is 12.8 Å². The molecule has 2 N–H and O–H groups in total. The zero-order valence-electron chi connectivity index (χ0n) is 12.5. The summed E-state index contributed by atoms with van der Waals surface area (Å²) >= 11 is 0. The highest BCUT2D eigenvalue weighted by Gasteiger charge is 2.60. The molecule has 2 aliphatic carbocycles. The molecule has 0 aromatic rings. The maximum atomic E-state index is 11.3. The average molecular weight is 254 g/mol. The summed E-state index contributed by atoms with van der Waals surface area (Å²) in [5, 5.41) is 20.6. The Morgan fingerprint density at radius 3 is 2.39 bits per heavy atom. The first kappa shape index (κ1) is 14.3. The maximum Gasteiger partial charge on any atom is 0.0751 e. The molecular formula is C16H30O2. The number of hydrogen-bond donors (Lipinski definition) is 2. The predicted molar refractivity (Wildman–Crippen MR) is 74.3 cm³/mol. The third-order valence-corrected chi connectivity index (χ3v) is 6.42. The minimum atomic E-state index is -0.678. The van der Waals surface area contributed by atoms with Gasteiger partial charge in [-0.2, -0.15) is 0 Å². The molecular weight excluding hydrogens is 224 g/mol. The van der Waals surface area contributed by atoms with Crippen molar-refractivity contribution in [2.45, 2.75) is 71.8 Å². The van der Waals surface area contributed by atoms with Crippen LogP contribution in [-0.4, -0.2) is 22.4 Å². The Bertz CT molecular complexity index is 312. The van der Waals surface area contributed by atoms with Crippen LogP contribution in [0.25, 0.3) is 0 Å². The highest BCUT2D eigenvalue weighted by atomic mass is 16.3. The van der Waals surface area contributed by atoms with Gasteiger partial charge in [0.05, 0.1) is 5.60 Å². The van der Waals surface area contributed by atoms with Gasteiger partial charge in [-0.1, -0.05) is 34.1 Å². The first-order chi connectivity index (χ1) is 8.28. The lowest BCUT2D eigenvalue weighted by atomic mass is 9.44. The van der Waals surface area contributed by atoms with Gasteiger partial charge in [-0.05, 0) is 48.3 Å². The monoisotopic (exact) mass is 254 g/mol. The van der Waals surface area contributed by atoms with Crippen LogP contribution in [0.15, 0.2) is 0 Å². The smallest absolute Gasteiger partial charge is 0.0751 e. The predicted octanol–water partition coefficient (Wildman–Crippen LogP) is 3.36. The summed E-state index contributed by atoms with van der Waals surface area (Å²) in [6, 6.07) is 0. The third kappa shape index (κ3) is 1.84. The van der Waals surface area contributed by atoms with Crippen LogP contribution in [0, 0.1) is 22.7 Å². The van der Waals surface area contributed by atoms with E-state index in [9.17, 15) is 10.2 Å². The van der Waals surface area contributed by atoms with Gasteiger partial charge in [0.25, 0.3) is 0 Å². The summed E-state index contributed by atoms with van der Waals surface area (Å²) in [5.74, 6) is 0.895. The van der Waals surface area contributed by atoms with Gasteiger partial charge >= 0.3 is 0 Å². The van der Waals surface area contributed by atoms with E-state index in [1.54, 1.807) is 0 Å². The molecule has 18 heavy (non-hydrogen) atoms. The average Bonchev–Trinajstić information content (AvgIpc) is 2.25. The molecule has 0 spiro atoms. The van der Waals surface area contributed by atoms with Crippen LogP contribution in [-0.2, 0) is 0 Å². The molecule has 2 heteroatoms. The lowest BCUT2D eigenvalue weighted by Gasteiger charge is -2.63. The molecule has 1 unspecified atom stereocenters. The molecule has 0 heterocycles. The largest absolute Gasteiger partial charge is 0.396 e. The van der Waals surface area contributed by atoms with Crippen LogP contribution in [0.5, 0.6) is 0 Å². The van der Waals surface area contributed by atoms with Crippen LogP contribution in [0.2, 0.25) is 0 Å². The van der Waals surface area contributed by atoms with Crippen LogP contribution in [0.4, 0.5) is 0 Å². The summed E-state index contributed by atoms with van der Waals surface area (Å²) in [6.45, 7) is 9.28. The highest BCUT2D eigenvalue weighted by Crippen LogP contribution is 2.63. The van der Waals surface area contributed by atoms with Gasteiger partial charge in [-0.15, -0.1) is 0 Å². The normalized spacial score (nSPS) is 47.7. The summed E-state index contributed by atoms with van der Waals surface area (Å²) in [7, 11) is 0. The Morgan fingerprint density at radius 1 is 1.11 bits per heavy atom. The Labute approximate surface area is 112 Å². The second-order valence-electron chi connectivity index (χ2n) is 7.69. The Kier molecular flexibility index (Phi) is 3.57. The fraction of sp³-hybridized carbons (Fsp3) is 1.00. The van der Waals surface area contributed by atoms with Gasteiger partial charge < -0.3 is 10.2 Å². The van der Waals surface area contributed by atoms with E-state index < -0.39 is 5.60 Å². The fourth-order valence-corrected chi connectivity index (χ4v) is 5.27. The number of hydrogen-bond acceptors (Lipinski definition) is 2. The molecule has 2 fully saturated rings. The lowest BCUT2D eigenvalue weighted by molar-refractivity contribution is -0.214. The van der Waals surface area contributed by atoms with Gasteiger partial charge in [0.1, 0.15) is 0 Å². The Morgan fingerprint density at radius 2 is 1.78 bits per heavy atom. The number of aliphatic hydroxyl groups is 2. The van der Waals surface area contributed by atoms with E-state index in [0.29, 0.717) is 23.7 Å². The van der Waals surface area contributed by atoms with E-state index in [1.807, 2.05) is 0 Å². The SMILES string of the molecule is C[C@H]1CCC2C(C)(C)CCC[C@]2(C)[C@@]1(O)CCO. The molecule has 2 rings (SSSR count). The third-order valence-electron chi connectivity index (χ3n) is 6.42. The number of aliphatic hydroxyl groups excluding tert-OH is 1. The summed E-state index contributed by atoms with van der Waals surface area (Å²) in [6.07, 6.45) is 6.47. The van der Waals surface area contributed by atoms with Crippen LogP contribution >= 0.6 is 0 Å².